The average Bonchev–Trinajstić information content (AvgIpc) is 2.41. The zero-order chi connectivity index (χ0) is 13.2. The zero-order valence-electron chi connectivity index (χ0n) is 10.6. The van der Waals surface area contributed by atoms with Gasteiger partial charge in [0.15, 0.2) is 0 Å². The number of benzene rings is 1. The van der Waals surface area contributed by atoms with Crippen LogP contribution in [0.15, 0.2) is 23.0 Å². The normalized spacial score (nSPS) is 16.7. The quantitative estimate of drug-likeness (QED) is 0.885. The van der Waals surface area contributed by atoms with Crippen LogP contribution < -0.4 is 10.9 Å². The molecule has 100 valence electrons. The van der Waals surface area contributed by atoms with Crippen LogP contribution in [0.3, 0.4) is 0 Å². The summed E-state index contributed by atoms with van der Waals surface area (Å²) >= 11 is 5.89. The summed E-state index contributed by atoms with van der Waals surface area (Å²) in [6, 6.07) is 5.59. The van der Waals surface area contributed by atoms with Crippen LogP contribution in [0.4, 0.5) is 5.95 Å². The third-order valence-corrected chi connectivity index (χ3v) is 3.85. The minimum atomic E-state index is -0.147. The lowest BCUT2D eigenvalue weighted by molar-refractivity contribution is 0.461. The first-order chi connectivity index (χ1) is 9.22. The van der Waals surface area contributed by atoms with E-state index in [9.17, 15) is 4.79 Å². The van der Waals surface area contributed by atoms with Gasteiger partial charge in [-0.15, -0.1) is 0 Å². The number of hydrogen-bond donors (Lipinski definition) is 2. The van der Waals surface area contributed by atoms with Crippen molar-refractivity contribution in [1.82, 2.24) is 9.97 Å². The van der Waals surface area contributed by atoms with Crippen LogP contribution in [0.5, 0.6) is 0 Å². The molecule has 0 unspecified atom stereocenters. The Hall–Kier alpha value is -1.55. The number of anilines is 1. The fourth-order valence-electron chi connectivity index (χ4n) is 2.62. The van der Waals surface area contributed by atoms with E-state index in [1.54, 1.807) is 18.2 Å². The maximum absolute atomic E-state index is 12.0. The third kappa shape index (κ3) is 2.73. The Labute approximate surface area is 116 Å². The molecule has 0 spiro atoms. The molecular weight excluding hydrogens is 262 g/mol. The summed E-state index contributed by atoms with van der Waals surface area (Å²) in [5, 5.41) is 4.41. The Balaban J connectivity index is 1.92. The standard InChI is InChI=1S/C14H16ClN3O/c15-9-6-7-12-11(8-9)13(19)18-14(17-12)16-10-4-2-1-3-5-10/h6-8,10H,1-5H2,(H2,16,17,18,19). The van der Waals surface area contributed by atoms with Crippen molar-refractivity contribution in [2.75, 3.05) is 5.32 Å². The molecule has 1 heterocycles. The molecular formula is C14H16ClN3O. The maximum atomic E-state index is 12.0. The molecule has 3 rings (SSSR count). The van der Waals surface area contributed by atoms with E-state index in [4.69, 9.17) is 11.6 Å². The summed E-state index contributed by atoms with van der Waals surface area (Å²) in [7, 11) is 0. The topological polar surface area (TPSA) is 57.8 Å². The summed E-state index contributed by atoms with van der Waals surface area (Å²) in [6.07, 6.45) is 6.07. The van der Waals surface area contributed by atoms with E-state index in [0.717, 1.165) is 12.8 Å². The van der Waals surface area contributed by atoms with E-state index in [1.165, 1.54) is 19.3 Å². The minimum Gasteiger partial charge on any atom is -0.353 e. The molecule has 1 aromatic heterocycles. The van der Waals surface area contributed by atoms with Crippen molar-refractivity contribution in [1.29, 1.82) is 0 Å². The van der Waals surface area contributed by atoms with Gasteiger partial charge in [0.05, 0.1) is 10.9 Å². The summed E-state index contributed by atoms with van der Waals surface area (Å²) in [4.78, 5) is 19.2. The number of nitrogens with one attached hydrogen (secondary N) is 2. The van der Waals surface area contributed by atoms with E-state index in [2.05, 4.69) is 15.3 Å². The first-order valence-electron chi connectivity index (χ1n) is 6.68. The van der Waals surface area contributed by atoms with Crippen LogP contribution in [-0.2, 0) is 0 Å². The van der Waals surface area contributed by atoms with Gasteiger partial charge in [0.2, 0.25) is 5.95 Å². The largest absolute Gasteiger partial charge is 0.353 e. The molecule has 2 aromatic rings. The average molecular weight is 278 g/mol. The highest BCUT2D eigenvalue weighted by atomic mass is 35.5. The number of aromatic amines is 1. The van der Waals surface area contributed by atoms with Crippen LogP contribution in [0.1, 0.15) is 32.1 Å². The maximum Gasteiger partial charge on any atom is 0.260 e. The second-order valence-electron chi connectivity index (χ2n) is 5.06. The predicted molar refractivity (Wildman–Crippen MR) is 77.9 cm³/mol. The number of H-pyrrole nitrogens is 1. The molecule has 0 saturated heterocycles. The van der Waals surface area contributed by atoms with Gasteiger partial charge in [-0.2, -0.15) is 0 Å². The Bertz CT molecular complexity index is 647. The third-order valence-electron chi connectivity index (χ3n) is 3.61. The van der Waals surface area contributed by atoms with Gasteiger partial charge >= 0.3 is 0 Å². The first kappa shape index (κ1) is 12.5. The van der Waals surface area contributed by atoms with Crippen molar-refractivity contribution in [3.63, 3.8) is 0 Å². The Kier molecular flexibility index (Phi) is 3.42. The predicted octanol–water partition coefficient (Wildman–Crippen LogP) is 3.32. The molecule has 5 heteroatoms. The lowest BCUT2D eigenvalue weighted by Crippen LogP contribution is -2.25. The number of aromatic nitrogens is 2. The van der Waals surface area contributed by atoms with Crippen LogP contribution in [0, 0.1) is 0 Å². The molecule has 0 amide bonds. The highest BCUT2D eigenvalue weighted by Crippen LogP contribution is 2.21. The molecule has 4 nitrogen and oxygen atoms in total. The fraction of sp³-hybridized carbons (Fsp3) is 0.429. The van der Waals surface area contributed by atoms with Gasteiger partial charge in [-0.3, -0.25) is 9.78 Å². The van der Waals surface area contributed by atoms with Crippen LogP contribution >= 0.6 is 11.6 Å². The van der Waals surface area contributed by atoms with Crippen LogP contribution in [0.2, 0.25) is 5.02 Å². The Morgan fingerprint density at radius 3 is 2.84 bits per heavy atom. The summed E-state index contributed by atoms with van der Waals surface area (Å²) in [5.41, 5.74) is 0.525. The van der Waals surface area contributed by atoms with Gasteiger partial charge < -0.3 is 5.32 Å². The lowest BCUT2D eigenvalue weighted by Gasteiger charge is -2.22. The van der Waals surface area contributed by atoms with Crippen molar-refractivity contribution in [2.24, 2.45) is 0 Å². The molecule has 0 atom stereocenters. The number of nitrogens with zero attached hydrogens (tertiary/aromatic N) is 1. The molecule has 0 radical (unpaired) electrons. The second-order valence-corrected chi connectivity index (χ2v) is 5.49. The van der Waals surface area contributed by atoms with Gasteiger partial charge in [-0.25, -0.2) is 4.98 Å². The summed E-state index contributed by atoms with van der Waals surface area (Å²) in [6.45, 7) is 0. The molecule has 1 saturated carbocycles. The highest BCUT2D eigenvalue weighted by Gasteiger charge is 2.14. The number of fused-ring (bicyclic) bond motifs is 1. The number of hydrogen-bond acceptors (Lipinski definition) is 3. The second kappa shape index (κ2) is 5.21. The fourth-order valence-corrected chi connectivity index (χ4v) is 2.79. The van der Waals surface area contributed by atoms with Crippen LogP contribution in [-0.4, -0.2) is 16.0 Å². The van der Waals surface area contributed by atoms with E-state index in [-0.39, 0.29) is 5.56 Å². The molecule has 0 aliphatic heterocycles. The smallest absolute Gasteiger partial charge is 0.260 e. The zero-order valence-corrected chi connectivity index (χ0v) is 11.3. The van der Waals surface area contributed by atoms with E-state index < -0.39 is 0 Å². The van der Waals surface area contributed by atoms with E-state index in [0.29, 0.717) is 27.9 Å². The first-order valence-corrected chi connectivity index (χ1v) is 7.06. The highest BCUT2D eigenvalue weighted by molar-refractivity contribution is 6.31. The number of halogens is 1. The van der Waals surface area contributed by atoms with E-state index in [1.807, 2.05) is 0 Å². The lowest BCUT2D eigenvalue weighted by atomic mass is 9.96. The Morgan fingerprint density at radius 2 is 2.05 bits per heavy atom. The van der Waals surface area contributed by atoms with Crippen LogP contribution in [0.25, 0.3) is 10.9 Å². The van der Waals surface area contributed by atoms with Crippen molar-refractivity contribution < 1.29 is 0 Å². The van der Waals surface area contributed by atoms with E-state index >= 15 is 0 Å². The summed E-state index contributed by atoms with van der Waals surface area (Å²) in [5.74, 6) is 0.562. The van der Waals surface area contributed by atoms with Gasteiger partial charge in [-0.05, 0) is 31.0 Å². The molecule has 1 aromatic carbocycles. The SMILES string of the molecule is O=c1[nH]c(NC2CCCCC2)nc2ccc(Cl)cc12. The molecule has 1 aliphatic carbocycles. The monoisotopic (exact) mass is 277 g/mol. The minimum absolute atomic E-state index is 0.147. The number of rotatable bonds is 2. The molecule has 1 fully saturated rings. The van der Waals surface area contributed by atoms with Gasteiger partial charge in [-0.1, -0.05) is 30.9 Å². The van der Waals surface area contributed by atoms with Crippen molar-refractivity contribution in [3.05, 3.63) is 33.6 Å². The molecule has 1 aliphatic rings. The van der Waals surface area contributed by atoms with Crippen molar-refractivity contribution in [2.45, 2.75) is 38.1 Å². The molecule has 0 bridgehead atoms. The van der Waals surface area contributed by atoms with Gasteiger partial charge in [0, 0.05) is 11.1 Å². The van der Waals surface area contributed by atoms with Crippen molar-refractivity contribution in [3.8, 4) is 0 Å². The molecule has 2 N–H and O–H groups in total. The Morgan fingerprint density at radius 1 is 1.26 bits per heavy atom. The van der Waals surface area contributed by atoms with Gasteiger partial charge in [0.1, 0.15) is 0 Å². The molecule has 19 heavy (non-hydrogen) atoms. The van der Waals surface area contributed by atoms with Gasteiger partial charge in [0.25, 0.3) is 5.56 Å². The van der Waals surface area contributed by atoms with Crippen molar-refractivity contribution >= 4 is 28.5 Å². The summed E-state index contributed by atoms with van der Waals surface area (Å²) < 4.78 is 0.